The normalized spacial score (nSPS) is 23.9. The van der Waals surface area contributed by atoms with Gasteiger partial charge in [0.25, 0.3) is 0 Å². The molecule has 1 fully saturated rings. The zero-order valence-electron chi connectivity index (χ0n) is 10.7. The maximum atomic E-state index is 9.64. The molecule has 102 valence electrons. The van der Waals surface area contributed by atoms with Crippen LogP contribution in [0.15, 0.2) is 0 Å². The van der Waals surface area contributed by atoms with Gasteiger partial charge in [0.05, 0.1) is 12.7 Å². The summed E-state index contributed by atoms with van der Waals surface area (Å²) in [7, 11) is 0. The number of anilines is 2. The fourth-order valence-corrected chi connectivity index (χ4v) is 3.04. The van der Waals surface area contributed by atoms with Crippen LogP contribution in [-0.4, -0.2) is 28.7 Å². The van der Waals surface area contributed by atoms with Gasteiger partial charge in [-0.2, -0.15) is 4.37 Å². The van der Waals surface area contributed by atoms with Gasteiger partial charge in [-0.3, -0.25) is 0 Å². The predicted octanol–water partition coefficient (Wildman–Crippen LogP) is 2.09. The summed E-state index contributed by atoms with van der Waals surface area (Å²) in [4.78, 5) is 0. The number of nitrogens with one attached hydrogen (secondary N) is 1. The van der Waals surface area contributed by atoms with Crippen LogP contribution in [0, 0.1) is 5.92 Å². The first-order valence-corrected chi connectivity index (χ1v) is 7.28. The standard InChI is InChI=1S/C12H21N3O2S/c1-2-17-10-11(13)15-18-12(10)14-7-8-4-3-5-9(16)6-8/h8-9,14,16H,2-7H2,1H3,(H2,13,15). The molecule has 1 heterocycles. The molecular formula is C12H21N3O2S. The lowest BCUT2D eigenvalue weighted by molar-refractivity contribution is 0.105. The minimum atomic E-state index is -0.136. The van der Waals surface area contributed by atoms with Crippen molar-refractivity contribution in [3.8, 4) is 5.75 Å². The molecule has 6 heteroatoms. The third-order valence-electron chi connectivity index (χ3n) is 3.27. The zero-order valence-corrected chi connectivity index (χ0v) is 11.5. The van der Waals surface area contributed by atoms with Gasteiger partial charge in [-0.25, -0.2) is 0 Å². The number of nitrogens with zero attached hydrogens (tertiary/aromatic N) is 1. The fraction of sp³-hybridized carbons (Fsp3) is 0.750. The van der Waals surface area contributed by atoms with Gasteiger partial charge in [-0.15, -0.1) is 0 Å². The molecule has 1 aromatic heterocycles. The van der Waals surface area contributed by atoms with E-state index in [1.807, 2.05) is 6.92 Å². The lowest BCUT2D eigenvalue weighted by atomic mass is 9.87. The van der Waals surface area contributed by atoms with Gasteiger partial charge in [-0.1, -0.05) is 6.42 Å². The highest BCUT2D eigenvalue weighted by molar-refractivity contribution is 7.11. The molecule has 2 atom stereocenters. The number of hydrogen-bond acceptors (Lipinski definition) is 6. The SMILES string of the molecule is CCOc1c(N)nsc1NCC1CCCC(O)C1. The van der Waals surface area contributed by atoms with Crippen molar-refractivity contribution >= 4 is 22.4 Å². The molecule has 1 saturated carbocycles. The quantitative estimate of drug-likeness (QED) is 0.764. The molecule has 2 rings (SSSR count). The molecule has 0 bridgehead atoms. The van der Waals surface area contributed by atoms with E-state index in [0.717, 1.165) is 30.8 Å². The van der Waals surface area contributed by atoms with Crippen LogP contribution in [-0.2, 0) is 0 Å². The van der Waals surface area contributed by atoms with Crippen molar-refractivity contribution in [2.24, 2.45) is 5.92 Å². The Morgan fingerprint density at radius 3 is 3.11 bits per heavy atom. The summed E-state index contributed by atoms with van der Waals surface area (Å²) in [6.07, 6.45) is 3.96. The van der Waals surface area contributed by atoms with E-state index in [1.165, 1.54) is 18.0 Å². The topological polar surface area (TPSA) is 80.4 Å². The van der Waals surface area contributed by atoms with Crippen molar-refractivity contribution < 1.29 is 9.84 Å². The smallest absolute Gasteiger partial charge is 0.197 e. The van der Waals surface area contributed by atoms with Crippen LogP contribution in [0.3, 0.4) is 0 Å². The predicted molar refractivity (Wildman–Crippen MR) is 74.1 cm³/mol. The molecule has 4 N–H and O–H groups in total. The average molecular weight is 271 g/mol. The van der Waals surface area contributed by atoms with Gasteiger partial charge in [-0.05, 0) is 43.6 Å². The molecular weight excluding hydrogens is 250 g/mol. The first-order chi connectivity index (χ1) is 8.70. The summed E-state index contributed by atoms with van der Waals surface area (Å²) >= 11 is 1.33. The Hall–Kier alpha value is -1.01. The van der Waals surface area contributed by atoms with E-state index in [-0.39, 0.29) is 6.10 Å². The van der Waals surface area contributed by atoms with E-state index in [2.05, 4.69) is 9.69 Å². The Balaban J connectivity index is 1.89. The summed E-state index contributed by atoms with van der Waals surface area (Å²) < 4.78 is 9.58. The molecule has 5 nitrogen and oxygen atoms in total. The monoisotopic (exact) mass is 271 g/mol. The summed E-state index contributed by atoms with van der Waals surface area (Å²) in [6, 6.07) is 0. The fourth-order valence-electron chi connectivity index (χ4n) is 2.38. The van der Waals surface area contributed by atoms with Gasteiger partial charge in [0.15, 0.2) is 16.6 Å². The van der Waals surface area contributed by atoms with Crippen LogP contribution in [0.2, 0.25) is 0 Å². The number of nitrogens with two attached hydrogens (primary N) is 1. The van der Waals surface area contributed by atoms with Crippen LogP contribution >= 0.6 is 11.5 Å². The highest BCUT2D eigenvalue weighted by Gasteiger charge is 2.21. The van der Waals surface area contributed by atoms with Crippen molar-refractivity contribution in [2.45, 2.75) is 38.7 Å². The Morgan fingerprint density at radius 1 is 1.56 bits per heavy atom. The second-order valence-corrected chi connectivity index (χ2v) is 5.50. The highest BCUT2D eigenvalue weighted by Crippen LogP contribution is 2.35. The van der Waals surface area contributed by atoms with Crippen molar-refractivity contribution in [2.75, 3.05) is 24.2 Å². The molecule has 0 aliphatic heterocycles. The summed E-state index contributed by atoms with van der Waals surface area (Å²) in [6.45, 7) is 3.36. The van der Waals surface area contributed by atoms with E-state index in [1.54, 1.807) is 0 Å². The summed E-state index contributed by atoms with van der Waals surface area (Å²) in [5.41, 5.74) is 5.75. The number of ether oxygens (including phenoxy) is 1. The maximum absolute atomic E-state index is 9.64. The molecule has 2 unspecified atom stereocenters. The second-order valence-electron chi connectivity index (χ2n) is 4.73. The molecule has 0 spiro atoms. The van der Waals surface area contributed by atoms with E-state index in [0.29, 0.717) is 24.1 Å². The average Bonchev–Trinajstić information content (AvgIpc) is 2.69. The van der Waals surface area contributed by atoms with Gasteiger partial charge < -0.3 is 20.9 Å². The van der Waals surface area contributed by atoms with Crippen LogP contribution in [0.4, 0.5) is 10.8 Å². The van der Waals surface area contributed by atoms with Crippen molar-refractivity contribution in [1.82, 2.24) is 4.37 Å². The molecule has 0 radical (unpaired) electrons. The molecule has 1 aliphatic rings. The summed E-state index contributed by atoms with van der Waals surface area (Å²) in [5, 5.41) is 13.9. The number of nitrogen functional groups attached to an aromatic ring is 1. The highest BCUT2D eigenvalue weighted by atomic mass is 32.1. The molecule has 1 aliphatic carbocycles. The second kappa shape index (κ2) is 6.24. The molecule has 0 aromatic carbocycles. The minimum absolute atomic E-state index is 0.136. The van der Waals surface area contributed by atoms with Gasteiger partial charge in [0.1, 0.15) is 0 Å². The van der Waals surface area contributed by atoms with E-state index >= 15 is 0 Å². The van der Waals surface area contributed by atoms with Crippen molar-refractivity contribution in [1.29, 1.82) is 0 Å². The number of aromatic nitrogens is 1. The number of aliphatic hydroxyl groups excluding tert-OH is 1. The first kappa shape index (κ1) is 13.4. The Labute approximate surface area is 112 Å². The Morgan fingerprint density at radius 2 is 2.39 bits per heavy atom. The minimum Gasteiger partial charge on any atom is -0.487 e. The van der Waals surface area contributed by atoms with E-state index in [9.17, 15) is 5.11 Å². The van der Waals surface area contributed by atoms with Gasteiger partial charge in [0, 0.05) is 6.54 Å². The van der Waals surface area contributed by atoms with Crippen molar-refractivity contribution in [3.63, 3.8) is 0 Å². The number of hydrogen-bond donors (Lipinski definition) is 3. The Kier molecular flexibility index (Phi) is 4.66. The third kappa shape index (κ3) is 3.26. The molecule has 1 aromatic rings. The van der Waals surface area contributed by atoms with Gasteiger partial charge in [0.2, 0.25) is 0 Å². The zero-order chi connectivity index (χ0) is 13.0. The number of aliphatic hydroxyl groups is 1. The van der Waals surface area contributed by atoms with Crippen LogP contribution in [0.25, 0.3) is 0 Å². The van der Waals surface area contributed by atoms with Crippen molar-refractivity contribution in [3.05, 3.63) is 0 Å². The van der Waals surface area contributed by atoms with Gasteiger partial charge >= 0.3 is 0 Å². The molecule has 0 amide bonds. The van der Waals surface area contributed by atoms with E-state index in [4.69, 9.17) is 10.5 Å². The molecule has 0 saturated heterocycles. The largest absolute Gasteiger partial charge is 0.487 e. The maximum Gasteiger partial charge on any atom is 0.197 e. The lowest BCUT2D eigenvalue weighted by Crippen LogP contribution is -2.24. The number of rotatable bonds is 5. The van der Waals surface area contributed by atoms with Crippen LogP contribution in [0.5, 0.6) is 5.75 Å². The molecule has 18 heavy (non-hydrogen) atoms. The first-order valence-electron chi connectivity index (χ1n) is 6.50. The van der Waals surface area contributed by atoms with E-state index < -0.39 is 0 Å². The van der Waals surface area contributed by atoms with Crippen LogP contribution < -0.4 is 15.8 Å². The summed E-state index contributed by atoms with van der Waals surface area (Å²) in [5.74, 6) is 1.64. The lowest BCUT2D eigenvalue weighted by Gasteiger charge is -2.26. The third-order valence-corrected chi connectivity index (χ3v) is 4.07. The Bertz CT molecular complexity index is 383. The van der Waals surface area contributed by atoms with Crippen LogP contribution in [0.1, 0.15) is 32.6 Å².